The highest BCUT2D eigenvalue weighted by atomic mass is 79.9. The number of methoxy groups -OCH3 is 2. The Kier molecular flexibility index (Phi) is 5.86. The summed E-state index contributed by atoms with van der Waals surface area (Å²) in [6, 6.07) is 16.9. The Morgan fingerprint density at radius 1 is 0.926 bits per heavy atom. The summed E-state index contributed by atoms with van der Waals surface area (Å²) < 4.78 is 17.3. The maximum Gasteiger partial charge on any atom is 0.265 e. The Labute approximate surface area is 166 Å². The zero-order valence-electron chi connectivity index (χ0n) is 15.3. The van der Waals surface area contributed by atoms with E-state index in [1.54, 1.807) is 39.3 Å². The number of halogens is 1. The Bertz CT molecular complexity index is 974. The van der Waals surface area contributed by atoms with E-state index >= 15 is 0 Å². The number of ether oxygens (including phenoxy) is 3. The fraction of sp³-hybridized carbons (Fsp3) is 0.190. The molecule has 27 heavy (non-hydrogen) atoms. The van der Waals surface area contributed by atoms with E-state index in [4.69, 9.17) is 14.2 Å². The van der Waals surface area contributed by atoms with Crippen LogP contribution in [0.4, 0.5) is 5.69 Å². The molecule has 1 amide bonds. The lowest BCUT2D eigenvalue weighted by Crippen LogP contribution is -2.30. The van der Waals surface area contributed by atoms with Crippen molar-refractivity contribution in [2.75, 3.05) is 19.5 Å². The number of hydrogen-bond acceptors (Lipinski definition) is 4. The van der Waals surface area contributed by atoms with Gasteiger partial charge in [-0.3, -0.25) is 4.79 Å². The molecule has 6 heteroatoms. The second kappa shape index (κ2) is 8.31. The highest BCUT2D eigenvalue weighted by Gasteiger charge is 2.17. The summed E-state index contributed by atoms with van der Waals surface area (Å²) >= 11 is 3.46. The van der Waals surface area contributed by atoms with Gasteiger partial charge in [-0.15, -0.1) is 0 Å². The third kappa shape index (κ3) is 4.52. The summed E-state index contributed by atoms with van der Waals surface area (Å²) in [5.74, 6) is 1.52. The van der Waals surface area contributed by atoms with Crippen LogP contribution in [0, 0.1) is 0 Å². The number of benzene rings is 3. The molecular formula is C21H20BrNO4. The largest absolute Gasteiger partial charge is 0.497 e. The zero-order valence-corrected chi connectivity index (χ0v) is 16.9. The molecule has 0 bridgehead atoms. The molecule has 0 saturated heterocycles. The van der Waals surface area contributed by atoms with Crippen LogP contribution in [0.1, 0.15) is 6.92 Å². The van der Waals surface area contributed by atoms with E-state index in [0.717, 1.165) is 15.2 Å². The molecule has 0 fully saturated rings. The minimum absolute atomic E-state index is 0.280. The third-order valence-electron chi connectivity index (χ3n) is 4.12. The highest BCUT2D eigenvalue weighted by Crippen LogP contribution is 2.29. The van der Waals surface area contributed by atoms with Crippen LogP contribution in [0.15, 0.2) is 59.1 Å². The number of hydrogen-bond donors (Lipinski definition) is 1. The van der Waals surface area contributed by atoms with E-state index in [-0.39, 0.29) is 5.91 Å². The molecule has 0 aromatic heterocycles. The predicted molar refractivity (Wildman–Crippen MR) is 110 cm³/mol. The van der Waals surface area contributed by atoms with Crippen molar-refractivity contribution in [3.63, 3.8) is 0 Å². The molecule has 0 radical (unpaired) electrons. The van der Waals surface area contributed by atoms with Gasteiger partial charge in [-0.2, -0.15) is 0 Å². The minimum atomic E-state index is -0.686. The van der Waals surface area contributed by atoms with E-state index < -0.39 is 6.10 Å². The van der Waals surface area contributed by atoms with Crippen LogP contribution in [-0.4, -0.2) is 26.2 Å². The molecule has 1 atom stereocenters. The predicted octanol–water partition coefficient (Wildman–Crippen LogP) is 5.03. The number of carbonyl (C=O) groups is 1. The first-order valence-corrected chi connectivity index (χ1v) is 9.18. The molecule has 3 aromatic rings. The fourth-order valence-electron chi connectivity index (χ4n) is 2.67. The Hall–Kier alpha value is -2.73. The van der Waals surface area contributed by atoms with Gasteiger partial charge in [-0.1, -0.05) is 28.1 Å². The number of fused-ring (bicyclic) bond motifs is 1. The molecule has 0 aliphatic heterocycles. The Morgan fingerprint density at radius 2 is 1.63 bits per heavy atom. The topological polar surface area (TPSA) is 56.8 Å². The van der Waals surface area contributed by atoms with Crippen molar-refractivity contribution in [2.24, 2.45) is 0 Å². The van der Waals surface area contributed by atoms with Gasteiger partial charge >= 0.3 is 0 Å². The third-order valence-corrected chi connectivity index (χ3v) is 4.61. The van der Waals surface area contributed by atoms with Crippen molar-refractivity contribution >= 4 is 38.3 Å². The van der Waals surface area contributed by atoms with Gasteiger partial charge in [0.25, 0.3) is 5.91 Å². The maximum absolute atomic E-state index is 12.6. The summed E-state index contributed by atoms with van der Waals surface area (Å²) in [6.07, 6.45) is -0.686. The van der Waals surface area contributed by atoms with E-state index in [2.05, 4.69) is 21.2 Å². The Balaban J connectivity index is 1.73. The minimum Gasteiger partial charge on any atom is -0.497 e. The second-order valence-electron chi connectivity index (χ2n) is 5.97. The summed E-state index contributed by atoms with van der Waals surface area (Å²) in [7, 11) is 3.11. The first-order valence-electron chi connectivity index (χ1n) is 8.39. The average molecular weight is 430 g/mol. The van der Waals surface area contributed by atoms with Crippen LogP contribution in [-0.2, 0) is 4.79 Å². The molecular weight excluding hydrogens is 410 g/mol. The van der Waals surface area contributed by atoms with Gasteiger partial charge in [0.2, 0.25) is 0 Å². The molecule has 140 valence electrons. The van der Waals surface area contributed by atoms with Gasteiger partial charge < -0.3 is 19.5 Å². The summed E-state index contributed by atoms with van der Waals surface area (Å²) in [6.45, 7) is 1.70. The quantitative estimate of drug-likeness (QED) is 0.597. The van der Waals surface area contributed by atoms with Crippen molar-refractivity contribution < 1.29 is 19.0 Å². The van der Waals surface area contributed by atoms with E-state index in [1.807, 2.05) is 36.4 Å². The number of amides is 1. The maximum atomic E-state index is 12.6. The Morgan fingerprint density at radius 3 is 2.37 bits per heavy atom. The van der Waals surface area contributed by atoms with Crippen molar-refractivity contribution in [3.8, 4) is 17.2 Å². The monoisotopic (exact) mass is 429 g/mol. The van der Waals surface area contributed by atoms with Crippen LogP contribution in [0.25, 0.3) is 10.8 Å². The summed E-state index contributed by atoms with van der Waals surface area (Å²) in [5, 5.41) is 4.96. The van der Waals surface area contributed by atoms with E-state index in [9.17, 15) is 4.79 Å². The molecule has 0 aliphatic carbocycles. The summed E-state index contributed by atoms with van der Waals surface area (Å²) in [5.41, 5.74) is 0.528. The molecule has 3 aromatic carbocycles. The number of rotatable bonds is 6. The van der Waals surface area contributed by atoms with E-state index in [1.165, 1.54) is 0 Å². The summed E-state index contributed by atoms with van der Waals surface area (Å²) in [4.78, 5) is 12.6. The molecule has 3 rings (SSSR count). The standard InChI is InChI=1S/C21H20BrNO4/c1-13(21(24)23-19-12-17(25-2)8-9-20(19)26-3)27-18-7-5-14-10-16(22)6-4-15(14)11-18/h4-13H,1-3H3,(H,23,24). The van der Waals surface area contributed by atoms with Crippen LogP contribution < -0.4 is 19.5 Å². The van der Waals surface area contributed by atoms with Crippen LogP contribution in [0.5, 0.6) is 17.2 Å². The smallest absolute Gasteiger partial charge is 0.265 e. The zero-order chi connectivity index (χ0) is 19.4. The van der Waals surface area contributed by atoms with Gasteiger partial charge in [0.1, 0.15) is 17.2 Å². The molecule has 0 aliphatic rings. The van der Waals surface area contributed by atoms with Crippen LogP contribution in [0.3, 0.4) is 0 Å². The second-order valence-corrected chi connectivity index (χ2v) is 6.88. The van der Waals surface area contributed by atoms with Crippen LogP contribution in [0.2, 0.25) is 0 Å². The molecule has 0 heterocycles. The lowest BCUT2D eigenvalue weighted by atomic mass is 10.1. The number of carbonyl (C=O) groups excluding carboxylic acids is 1. The SMILES string of the molecule is COc1ccc(OC)c(NC(=O)C(C)Oc2ccc3cc(Br)ccc3c2)c1. The van der Waals surface area contributed by atoms with Gasteiger partial charge in [0.15, 0.2) is 6.10 Å². The van der Waals surface area contributed by atoms with Crippen molar-refractivity contribution in [1.29, 1.82) is 0 Å². The van der Waals surface area contributed by atoms with Gasteiger partial charge in [-0.25, -0.2) is 0 Å². The van der Waals surface area contributed by atoms with Crippen molar-refractivity contribution in [2.45, 2.75) is 13.0 Å². The molecule has 1 N–H and O–H groups in total. The number of anilines is 1. The van der Waals surface area contributed by atoms with Gasteiger partial charge in [0.05, 0.1) is 19.9 Å². The van der Waals surface area contributed by atoms with Gasteiger partial charge in [-0.05, 0) is 54.1 Å². The average Bonchev–Trinajstić information content (AvgIpc) is 2.67. The normalized spacial score (nSPS) is 11.7. The van der Waals surface area contributed by atoms with Crippen molar-refractivity contribution in [1.82, 2.24) is 0 Å². The lowest BCUT2D eigenvalue weighted by Gasteiger charge is -2.17. The highest BCUT2D eigenvalue weighted by molar-refractivity contribution is 9.10. The molecule has 5 nitrogen and oxygen atoms in total. The fourth-order valence-corrected chi connectivity index (χ4v) is 3.05. The molecule has 1 unspecified atom stereocenters. The van der Waals surface area contributed by atoms with Crippen LogP contribution >= 0.6 is 15.9 Å². The molecule has 0 spiro atoms. The number of nitrogens with one attached hydrogen (secondary N) is 1. The first kappa shape index (κ1) is 19.0. The van der Waals surface area contributed by atoms with E-state index in [0.29, 0.717) is 22.9 Å². The first-order chi connectivity index (χ1) is 13.0. The van der Waals surface area contributed by atoms with Gasteiger partial charge in [0, 0.05) is 10.5 Å². The van der Waals surface area contributed by atoms with Crippen molar-refractivity contribution in [3.05, 3.63) is 59.1 Å². The lowest BCUT2D eigenvalue weighted by molar-refractivity contribution is -0.122. The molecule has 0 saturated carbocycles.